The smallest absolute Gasteiger partial charge is 0.253 e. The van der Waals surface area contributed by atoms with Gasteiger partial charge in [-0.1, -0.05) is 0 Å². The highest BCUT2D eigenvalue weighted by molar-refractivity contribution is 5.57. The van der Waals surface area contributed by atoms with Crippen LogP contribution >= 0.6 is 0 Å². The first kappa shape index (κ1) is 18.2. The van der Waals surface area contributed by atoms with Crippen LogP contribution in [0.25, 0.3) is 11.3 Å². The van der Waals surface area contributed by atoms with E-state index in [1.54, 1.807) is 29.4 Å². The Kier molecular flexibility index (Phi) is 4.93. The molecule has 2 aliphatic heterocycles. The molecule has 0 spiro atoms. The summed E-state index contributed by atoms with van der Waals surface area (Å²) in [6.45, 7) is 4.73. The van der Waals surface area contributed by atoms with Gasteiger partial charge < -0.3 is 4.57 Å². The van der Waals surface area contributed by atoms with Gasteiger partial charge in [-0.05, 0) is 50.4 Å². The Morgan fingerprint density at radius 2 is 1.90 bits per heavy atom. The molecule has 0 unspecified atom stereocenters. The minimum Gasteiger partial charge on any atom is -0.314 e. The molecule has 0 amide bonds. The quantitative estimate of drug-likeness (QED) is 0.659. The second-order valence-corrected chi connectivity index (χ2v) is 8.01. The zero-order chi connectivity index (χ0) is 19.6. The predicted octanol–water partition coefficient (Wildman–Crippen LogP) is 1.76. The first-order chi connectivity index (χ1) is 14.3. The second-order valence-electron chi connectivity index (χ2n) is 8.01. The van der Waals surface area contributed by atoms with Gasteiger partial charge >= 0.3 is 0 Å². The molecule has 1 fully saturated rings. The number of nitrogens with zero attached hydrogens (tertiary/aromatic N) is 7. The van der Waals surface area contributed by atoms with Crippen LogP contribution in [0, 0.1) is 5.92 Å². The van der Waals surface area contributed by atoms with Gasteiger partial charge in [0.25, 0.3) is 5.56 Å². The summed E-state index contributed by atoms with van der Waals surface area (Å²) < 4.78 is 4.03. The lowest BCUT2D eigenvalue weighted by Gasteiger charge is -2.31. The Bertz CT molecular complexity index is 1030. The van der Waals surface area contributed by atoms with Crippen LogP contribution < -0.4 is 5.56 Å². The summed E-state index contributed by atoms with van der Waals surface area (Å²) in [5.41, 5.74) is 1.62. The van der Waals surface area contributed by atoms with E-state index < -0.39 is 0 Å². The van der Waals surface area contributed by atoms with Crippen molar-refractivity contribution in [3.8, 4) is 11.3 Å². The summed E-state index contributed by atoms with van der Waals surface area (Å²) in [6.07, 6.45) is 9.51. The Hall–Kier alpha value is -2.87. The minimum atomic E-state index is 0.00765. The van der Waals surface area contributed by atoms with Gasteiger partial charge in [-0.3, -0.25) is 19.2 Å². The molecule has 2 aliphatic rings. The maximum absolute atomic E-state index is 12.6. The van der Waals surface area contributed by atoms with E-state index in [1.165, 1.54) is 6.42 Å². The van der Waals surface area contributed by atoms with Crippen LogP contribution in [-0.2, 0) is 26.1 Å². The molecule has 0 atom stereocenters. The molecule has 0 bridgehead atoms. The molecule has 0 saturated carbocycles. The van der Waals surface area contributed by atoms with E-state index in [2.05, 4.69) is 29.6 Å². The van der Waals surface area contributed by atoms with E-state index in [4.69, 9.17) is 0 Å². The van der Waals surface area contributed by atoms with Gasteiger partial charge in [0.2, 0.25) is 0 Å². The van der Waals surface area contributed by atoms with Gasteiger partial charge in [-0.15, -0.1) is 10.2 Å². The van der Waals surface area contributed by atoms with Crippen LogP contribution in [0.15, 0.2) is 41.7 Å². The van der Waals surface area contributed by atoms with Crippen molar-refractivity contribution in [1.29, 1.82) is 0 Å². The normalized spacial score (nSPS) is 17.5. The van der Waals surface area contributed by atoms with Crippen molar-refractivity contribution in [2.75, 3.05) is 13.1 Å². The largest absolute Gasteiger partial charge is 0.314 e. The molecule has 0 radical (unpaired) electrons. The van der Waals surface area contributed by atoms with Gasteiger partial charge in [-0.2, -0.15) is 0 Å². The Morgan fingerprint density at radius 3 is 2.69 bits per heavy atom. The third-order valence-corrected chi connectivity index (χ3v) is 6.07. The van der Waals surface area contributed by atoms with Gasteiger partial charge in [-0.25, -0.2) is 4.98 Å². The number of piperidine rings is 1. The molecular weight excluding hydrogens is 366 g/mol. The first-order valence-electron chi connectivity index (χ1n) is 10.4. The fraction of sp³-hybridized carbons (Fsp3) is 0.476. The zero-order valence-electron chi connectivity index (χ0n) is 16.4. The fourth-order valence-corrected chi connectivity index (χ4v) is 4.38. The van der Waals surface area contributed by atoms with Crippen LogP contribution in [0.2, 0.25) is 0 Å². The Balaban J connectivity index is 1.18. The summed E-state index contributed by atoms with van der Waals surface area (Å²) >= 11 is 0. The minimum absolute atomic E-state index is 0.00765. The number of hydrogen-bond acceptors (Lipinski definition) is 6. The van der Waals surface area contributed by atoms with E-state index in [0.29, 0.717) is 11.6 Å². The molecule has 8 nitrogen and oxygen atoms in total. The average Bonchev–Trinajstić information content (AvgIpc) is 3.37. The molecule has 5 heterocycles. The third-order valence-electron chi connectivity index (χ3n) is 6.07. The summed E-state index contributed by atoms with van der Waals surface area (Å²) in [4.78, 5) is 23.5. The van der Waals surface area contributed by atoms with Crippen LogP contribution in [0.3, 0.4) is 0 Å². The molecule has 150 valence electrons. The summed E-state index contributed by atoms with van der Waals surface area (Å²) in [6, 6.07) is 5.36. The molecule has 0 aliphatic carbocycles. The highest BCUT2D eigenvalue weighted by Gasteiger charge is 2.23. The number of pyridine rings is 1. The van der Waals surface area contributed by atoms with E-state index in [1.807, 2.05) is 12.1 Å². The second kappa shape index (κ2) is 7.87. The van der Waals surface area contributed by atoms with Crippen LogP contribution in [-0.4, -0.2) is 47.3 Å². The lowest BCUT2D eigenvalue weighted by atomic mass is 9.96. The van der Waals surface area contributed by atoms with Crippen molar-refractivity contribution in [1.82, 2.24) is 34.2 Å². The first-order valence-corrected chi connectivity index (χ1v) is 10.4. The van der Waals surface area contributed by atoms with Gasteiger partial charge in [0.05, 0.1) is 18.6 Å². The average molecular weight is 391 g/mol. The highest BCUT2D eigenvalue weighted by atomic mass is 16.1. The number of aromatic nitrogens is 6. The highest BCUT2D eigenvalue weighted by Crippen LogP contribution is 2.22. The van der Waals surface area contributed by atoms with Crippen molar-refractivity contribution in [2.24, 2.45) is 5.92 Å². The van der Waals surface area contributed by atoms with E-state index >= 15 is 0 Å². The van der Waals surface area contributed by atoms with Crippen molar-refractivity contribution in [3.05, 3.63) is 58.9 Å². The molecule has 3 aromatic heterocycles. The van der Waals surface area contributed by atoms with Crippen LogP contribution in [0.1, 0.15) is 30.9 Å². The fourth-order valence-electron chi connectivity index (χ4n) is 4.38. The molecule has 8 heteroatoms. The van der Waals surface area contributed by atoms with Gasteiger partial charge in [0.1, 0.15) is 11.6 Å². The summed E-state index contributed by atoms with van der Waals surface area (Å²) in [7, 11) is 0. The molecule has 5 rings (SSSR count). The summed E-state index contributed by atoms with van der Waals surface area (Å²) in [5, 5.41) is 8.69. The van der Waals surface area contributed by atoms with Gasteiger partial charge in [0.15, 0.2) is 0 Å². The standard InChI is InChI=1S/C21H25N7O/c29-21-12-18(17-3-7-22-8-4-17)23-15-27(21)13-16-5-10-26(11-6-16)14-20-25-24-19-2-1-9-28(19)20/h3-4,7-8,12,15-16H,1-2,5-6,9-11,13-14H2. The molecule has 0 N–H and O–H groups in total. The molecule has 29 heavy (non-hydrogen) atoms. The van der Waals surface area contributed by atoms with Crippen molar-refractivity contribution >= 4 is 0 Å². The lowest BCUT2D eigenvalue weighted by Crippen LogP contribution is -2.36. The van der Waals surface area contributed by atoms with Crippen LogP contribution in [0.5, 0.6) is 0 Å². The van der Waals surface area contributed by atoms with E-state index in [-0.39, 0.29) is 5.56 Å². The number of likely N-dealkylation sites (tertiary alicyclic amines) is 1. The monoisotopic (exact) mass is 391 g/mol. The number of fused-ring (bicyclic) bond motifs is 1. The third kappa shape index (κ3) is 3.85. The molecule has 0 aromatic carbocycles. The zero-order valence-corrected chi connectivity index (χ0v) is 16.4. The Labute approximate surface area is 169 Å². The van der Waals surface area contributed by atoms with E-state index in [0.717, 1.165) is 69.2 Å². The van der Waals surface area contributed by atoms with Crippen LogP contribution in [0.4, 0.5) is 0 Å². The Morgan fingerprint density at radius 1 is 1.07 bits per heavy atom. The van der Waals surface area contributed by atoms with Crippen molar-refractivity contribution < 1.29 is 0 Å². The van der Waals surface area contributed by atoms with E-state index in [9.17, 15) is 4.79 Å². The number of hydrogen-bond donors (Lipinski definition) is 0. The van der Waals surface area contributed by atoms with Gasteiger partial charge in [0, 0.05) is 43.5 Å². The van der Waals surface area contributed by atoms with Crippen molar-refractivity contribution in [3.63, 3.8) is 0 Å². The molecular formula is C21H25N7O. The maximum atomic E-state index is 12.6. The predicted molar refractivity (Wildman–Crippen MR) is 108 cm³/mol. The SMILES string of the molecule is O=c1cc(-c2ccncc2)ncn1CC1CCN(Cc2nnc3n2CCC3)CC1. The molecule has 3 aromatic rings. The maximum Gasteiger partial charge on any atom is 0.253 e. The lowest BCUT2D eigenvalue weighted by molar-refractivity contribution is 0.161. The number of rotatable bonds is 5. The molecule has 1 saturated heterocycles. The topological polar surface area (TPSA) is 81.7 Å². The number of aryl methyl sites for hydroxylation is 1. The van der Waals surface area contributed by atoms with Crippen molar-refractivity contribution in [2.45, 2.75) is 45.3 Å². The summed E-state index contributed by atoms with van der Waals surface area (Å²) in [5.74, 6) is 2.74.